The zero-order valence-corrected chi connectivity index (χ0v) is 36.6. The topological polar surface area (TPSA) is 220 Å². The highest BCUT2D eigenvalue weighted by molar-refractivity contribution is 6.25. The molecule has 4 N–H and O–H groups in total. The minimum Gasteiger partial charge on any atom is -0.382 e. The van der Waals surface area contributed by atoms with Gasteiger partial charge in [-0.25, -0.2) is 9.67 Å². The lowest BCUT2D eigenvalue weighted by molar-refractivity contribution is -0.138. The van der Waals surface area contributed by atoms with E-state index in [4.69, 9.17) is 23.9 Å². The number of fused-ring (bicyclic) bond motifs is 3. The number of benzene rings is 3. The predicted octanol–water partition coefficient (Wildman–Crippen LogP) is 3.93. The fraction of sp³-hybridized carbons (Fsp3) is 0.391. The van der Waals surface area contributed by atoms with Gasteiger partial charge >= 0.3 is 0 Å². The van der Waals surface area contributed by atoms with Gasteiger partial charge in [0.05, 0.1) is 62.8 Å². The van der Waals surface area contributed by atoms with Crippen molar-refractivity contribution in [1.82, 2.24) is 34.9 Å². The third-order valence-electron chi connectivity index (χ3n) is 11.5. The summed E-state index contributed by atoms with van der Waals surface area (Å²) in [6.07, 6.45) is 2.66. The number of nitrogens with zero attached hydrogens (tertiary/aromatic N) is 6. The molecule has 5 aromatic rings. The fourth-order valence-corrected chi connectivity index (χ4v) is 8.13. The van der Waals surface area contributed by atoms with E-state index in [1.54, 1.807) is 34.0 Å². The lowest BCUT2D eigenvalue weighted by Gasteiger charge is -2.29. The molecule has 5 amide bonds. The van der Waals surface area contributed by atoms with E-state index in [1.165, 1.54) is 5.56 Å². The number of aryl methyl sites for hydroxylation is 3. The van der Waals surface area contributed by atoms with Crippen molar-refractivity contribution < 1.29 is 42.9 Å². The molecule has 5 heterocycles. The van der Waals surface area contributed by atoms with E-state index in [9.17, 15) is 24.0 Å². The number of hydrogen-bond donors (Lipinski definition) is 4. The summed E-state index contributed by atoms with van der Waals surface area (Å²) in [5.41, 5.74) is 7.88. The molecule has 340 valence electrons. The third-order valence-corrected chi connectivity index (χ3v) is 11.5. The highest BCUT2D eigenvalue weighted by Crippen LogP contribution is 2.33. The molecule has 3 aromatic carbocycles. The van der Waals surface area contributed by atoms with Crippen molar-refractivity contribution in [3.63, 3.8) is 0 Å². The van der Waals surface area contributed by atoms with Gasteiger partial charge in [-0.2, -0.15) is 10.1 Å². The van der Waals surface area contributed by atoms with Crippen molar-refractivity contribution >= 4 is 69.4 Å². The average molecular weight is 889 g/mol. The van der Waals surface area contributed by atoms with Crippen molar-refractivity contribution in [3.05, 3.63) is 94.2 Å². The van der Waals surface area contributed by atoms with Crippen LogP contribution in [0.3, 0.4) is 0 Å². The Hall–Kier alpha value is -6.80. The SMILES string of the molecule is Cc1cccc(C)c1Nc1nn(C)c2nc(Nc3ccc4c(c3)CN(C(=O)COCCOCCOCCOCCNc3cccc5c3C(=O)N(C3CCC(=O)NC3=O)C5=O)CC4)ncc12. The molecule has 0 bridgehead atoms. The van der Waals surface area contributed by atoms with Crippen LogP contribution in [0.2, 0.25) is 0 Å². The van der Waals surface area contributed by atoms with Crippen LogP contribution in [0.5, 0.6) is 0 Å². The molecule has 65 heavy (non-hydrogen) atoms. The van der Waals surface area contributed by atoms with E-state index in [-0.39, 0.29) is 43.1 Å². The first kappa shape index (κ1) is 44.8. The number of nitrogens with one attached hydrogen (secondary N) is 4. The third kappa shape index (κ3) is 10.3. The summed E-state index contributed by atoms with van der Waals surface area (Å²) in [6.45, 7) is 7.82. The second-order valence-corrected chi connectivity index (χ2v) is 16.0. The van der Waals surface area contributed by atoms with Gasteiger partial charge in [0, 0.05) is 56.4 Å². The summed E-state index contributed by atoms with van der Waals surface area (Å²) < 4.78 is 24.2. The summed E-state index contributed by atoms with van der Waals surface area (Å²) in [5, 5.41) is 17.6. The molecule has 19 nitrogen and oxygen atoms in total. The Morgan fingerprint density at radius 1 is 0.831 bits per heavy atom. The first-order valence-electron chi connectivity index (χ1n) is 21.6. The molecular formula is C46H52N10O9. The Morgan fingerprint density at radius 3 is 2.31 bits per heavy atom. The Kier molecular flexibility index (Phi) is 14.0. The van der Waals surface area contributed by atoms with E-state index in [1.807, 2.05) is 25.2 Å². The van der Waals surface area contributed by atoms with Crippen molar-refractivity contribution in [2.24, 2.45) is 7.05 Å². The molecular weight excluding hydrogens is 837 g/mol. The molecule has 1 atom stereocenters. The first-order chi connectivity index (χ1) is 31.5. The van der Waals surface area contributed by atoms with E-state index < -0.39 is 29.7 Å². The maximum atomic E-state index is 13.2. The van der Waals surface area contributed by atoms with E-state index in [0.29, 0.717) is 82.4 Å². The van der Waals surface area contributed by atoms with Crippen molar-refractivity contribution in [2.75, 3.05) is 81.9 Å². The van der Waals surface area contributed by atoms with E-state index in [0.717, 1.165) is 44.8 Å². The van der Waals surface area contributed by atoms with Crippen LogP contribution in [-0.2, 0) is 53.3 Å². The molecule has 0 aliphatic carbocycles. The van der Waals surface area contributed by atoms with Gasteiger partial charge in [-0.3, -0.25) is 34.2 Å². The standard InChI is InChI=1S/C46H52N10O9/c1-28-6-4-7-29(2)40(28)51-41-34-25-48-46(52-42(34)54(3)53-41)49-32-11-10-30-14-16-55(26-31(30)24-32)38(58)27-65-23-22-64-21-20-63-19-18-62-17-15-47-35-9-5-8-33-39(35)45(61)56(44(33)60)36-12-13-37(57)50-43(36)59/h4-11,24-25,36,47H,12-23,26-27H2,1-3H3,(H,51,53)(H,48,49,52)(H,50,57,59). The number of piperidine rings is 1. The minimum absolute atomic E-state index is 0.0415. The number of ether oxygens (including phenoxy) is 4. The number of carbonyl (C=O) groups is 5. The van der Waals surface area contributed by atoms with Crippen molar-refractivity contribution in [3.8, 4) is 0 Å². The van der Waals surface area contributed by atoms with Crippen LogP contribution < -0.4 is 21.3 Å². The second-order valence-electron chi connectivity index (χ2n) is 16.0. The number of anilines is 5. The maximum Gasteiger partial charge on any atom is 0.264 e. The predicted molar refractivity (Wildman–Crippen MR) is 239 cm³/mol. The van der Waals surface area contributed by atoms with Crippen LogP contribution in [-0.4, -0.2) is 131 Å². The number of carbonyl (C=O) groups excluding carboxylic acids is 5. The van der Waals surface area contributed by atoms with Gasteiger partial charge in [0.1, 0.15) is 12.6 Å². The summed E-state index contributed by atoms with van der Waals surface area (Å²) in [5.74, 6) is -1.16. The largest absolute Gasteiger partial charge is 0.382 e. The number of hydrogen-bond acceptors (Lipinski definition) is 15. The molecule has 0 spiro atoms. The lowest BCUT2D eigenvalue weighted by atomic mass is 9.99. The zero-order valence-electron chi connectivity index (χ0n) is 36.6. The number of imide groups is 2. The summed E-state index contributed by atoms with van der Waals surface area (Å²) in [6, 6.07) is 16.1. The zero-order chi connectivity index (χ0) is 45.5. The monoisotopic (exact) mass is 888 g/mol. The quantitative estimate of drug-likeness (QED) is 0.0643. The number of rotatable bonds is 20. The Bertz CT molecular complexity index is 2600. The smallest absolute Gasteiger partial charge is 0.264 e. The average Bonchev–Trinajstić information content (AvgIpc) is 3.74. The highest BCUT2D eigenvalue weighted by Gasteiger charge is 2.45. The molecule has 3 aliphatic heterocycles. The molecule has 1 unspecified atom stereocenters. The lowest BCUT2D eigenvalue weighted by Crippen LogP contribution is -2.54. The molecule has 19 heteroatoms. The number of para-hydroxylation sites is 1. The van der Waals surface area contributed by atoms with Crippen LogP contribution in [0.15, 0.2) is 60.8 Å². The number of aromatic nitrogens is 4. The molecule has 1 saturated heterocycles. The molecule has 0 saturated carbocycles. The molecule has 1 fully saturated rings. The molecule has 3 aliphatic rings. The van der Waals surface area contributed by atoms with Crippen LogP contribution in [0.25, 0.3) is 11.0 Å². The van der Waals surface area contributed by atoms with Crippen LogP contribution in [0, 0.1) is 13.8 Å². The summed E-state index contributed by atoms with van der Waals surface area (Å²) in [4.78, 5) is 75.3. The summed E-state index contributed by atoms with van der Waals surface area (Å²) in [7, 11) is 1.86. The van der Waals surface area contributed by atoms with Gasteiger partial charge in [-0.05, 0) is 73.2 Å². The van der Waals surface area contributed by atoms with Crippen LogP contribution in [0.1, 0.15) is 55.8 Å². The number of amides is 5. The Labute approximate surface area is 375 Å². The molecule has 0 radical (unpaired) electrons. The Balaban J connectivity index is 0.683. The summed E-state index contributed by atoms with van der Waals surface area (Å²) >= 11 is 0. The van der Waals surface area contributed by atoms with Gasteiger partial charge in [0.25, 0.3) is 11.8 Å². The van der Waals surface area contributed by atoms with Crippen molar-refractivity contribution in [1.29, 1.82) is 0 Å². The normalized spacial score (nSPS) is 15.9. The van der Waals surface area contributed by atoms with E-state index >= 15 is 0 Å². The van der Waals surface area contributed by atoms with Crippen LogP contribution >= 0.6 is 0 Å². The van der Waals surface area contributed by atoms with Gasteiger partial charge < -0.3 is 39.8 Å². The van der Waals surface area contributed by atoms with Gasteiger partial charge in [0.15, 0.2) is 11.5 Å². The van der Waals surface area contributed by atoms with Gasteiger partial charge in [0.2, 0.25) is 23.7 Å². The Morgan fingerprint density at radius 2 is 1.55 bits per heavy atom. The first-order valence-corrected chi connectivity index (χ1v) is 21.6. The molecule has 2 aromatic heterocycles. The minimum atomic E-state index is -1.03. The van der Waals surface area contributed by atoms with Crippen molar-refractivity contribution in [2.45, 2.75) is 45.7 Å². The maximum absolute atomic E-state index is 13.2. The van der Waals surface area contributed by atoms with Gasteiger partial charge in [-0.15, -0.1) is 0 Å². The molecule has 8 rings (SSSR count). The van der Waals surface area contributed by atoms with E-state index in [2.05, 4.69) is 63.4 Å². The second kappa shape index (κ2) is 20.4. The fourth-order valence-electron chi connectivity index (χ4n) is 8.13. The van der Waals surface area contributed by atoms with Crippen LogP contribution in [0.4, 0.5) is 28.8 Å². The van der Waals surface area contributed by atoms with Gasteiger partial charge in [-0.1, -0.05) is 30.3 Å². The highest BCUT2D eigenvalue weighted by atomic mass is 16.6.